The third-order valence-electron chi connectivity index (χ3n) is 19.1. The van der Waals surface area contributed by atoms with Crippen molar-refractivity contribution in [2.24, 2.45) is 0 Å². The fourth-order valence-electron chi connectivity index (χ4n) is 15.9. The fourth-order valence-corrected chi connectivity index (χ4v) is 15.9. The van der Waals surface area contributed by atoms with E-state index < -0.39 is 16.2 Å². The number of anilines is 3. The van der Waals surface area contributed by atoms with Crippen molar-refractivity contribution < 1.29 is 9.47 Å². The Hall–Kier alpha value is -10.7. The van der Waals surface area contributed by atoms with E-state index in [-0.39, 0.29) is 0 Å². The van der Waals surface area contributed by atoms with E-state index in [1.54, 1.807) is 0 Å². The molecule has 13 aromatic carbocycles. The van der Waals surface area contributed by atoms with Gasteiger partial charge in [0.15, 0.2) is 0 Å². The number of benzene rings is 13. The normalized spacial score (nSPS) is 14.7. The minimum absolute atomic E-state index is 0.571. The van der Waals surface area contributed by atoms with Gasteiger partial charge in [-0.2, -0.15) is 0 Å². The molecule has 0 saturated carbocycles. The molecule has 0 unspecified atom stereocenters. The third kappa shape index (κ3) is 6.09. The minimum Gasteiger partial charge on any atom is -0.457 e. The first-order valence-corrected chi connectivity index (χ1v) is 29.1. The van der Waals surface area contributed by atoms with Crippen molar-refractivity contribution in [3.8, 4) is 67.5 Å². The number of fused-ring (bicyclic) bond motifs is 21. The Morgan fingerprint density at radius 2 is 0.524 bits per heavy atom. The van der Waals surface area contributed by atoms with Crippen LogP contribution in [0.5, 0.6) is 23.0 Å². The van der Waals surface area contributed by atoms with E-state index in [2.05, 4.69) is 314 Å². The summed E-state index contributed by atoms with van der Waals surface area (Å²) in [7, 11) is 0. The molecule has 5 aliphatic rings. The summed E-state index contributed by atoms with van der Waals surface area (Å²) < 4.78 is 13.7. The molecule has 2 heterocycles. The summed E-state index contributed by atoms with van der Waals surface area (Å²) in [6.07, 6.45) is 0. The van der Waals surface area contributed by atoms with Gasteiger partial charge in [0.05, 0.1) is 21.9 Å². The first kappa shape index (κ1) is 47.0. The van der Waals surface area contributed by atoms with Crippen molar-refractivity contribution in [3.63, 3.8) is 0 Å². The Labute approximate surface area is 488 Å². The van der Waals surface area contributed by atoms with Gasteiger partial charge < -0.3 is 14.4 Å². The number of ether oxygens (including phenoxy) is 2. The van der Waals surface area contributed by atoms with Crippen LogP contribution in [0.2, 0.25) is 0 Å². The molecule has 0 fully saturated rings. The summed E-state index contributed by atoms with van der Waals surface area (Å²) in [4.78, 5) is 2.54. The van der Waals surface area contributed by atoms with Gasteiger partial charge in [0.2, 0.25) is 0 Å². The zero-order valence-electron chi connectivity index (χ0n) is 45.7. The maximum absolute atomic E-state index is 6.85. The lowest BCUT2D eigenvalue weighted by Gasteiger charge is -2.40. The van der Waals surface area contributed by atoms with Crippen LogP contribution in [-0.2, 0) is 16.2 Å². The Kier molecular flexibility index (Phi) is 9.86. The molecular formula is C81H51NO2. The summed E-state index contributed by atoms with van der Waals surface area (Å²) in [5.41, 5.74) is 25.4. The van der Waals surface area contributed by atoms with Crippen LogP contribution < -0.4 is 14.4 Å². The van der Waals surface area contributed by atoms with E-state index in [1.165, 1.54) is 77.9 Å². The van der Waals surface area contributed by atoms with E-state index in [4.69, 9.17) is 9.47 Å². The molecule has 0 atom stereocenters. The molecule has 13 aromatic rings. The standard InChI is InChI=1S/C81H51NO2/c1-3-23-53(24-4-1)79(54-25-5-2-6-26-54)64-31-11-7-28-58(64)61-46-43-52(49-71(61)79)57-27-10-18-38-74(57)82(55-44-47-62-59-29-8-12-32-65(59)80(72(62)50-55)67-34-14-19-39-75(67)83-76-40-20-15-35-68(76)80)56-45-48-63-60-30-9-13-33-66(60)81(73(63)51-56)69-36-16-21-41-77(69)84-78-42-22-17-37-70(78)81/h1-51H. The van der Waals surface area contributed by atoms with Gasteiger partial charge in [0.25, 0.3) is 0 Å². The van der Waals surface area contributed by atoms with Crippen LogP contribution in [0.4, 0.5) is 17.1 Å². The number of hydrogen-bond acceptors (Lipinski definition) is 3. The highest BCUT2D eigenvalue weighted by molar-refractivity contribution is 5.97. The van der Waals surface area contributed by atoms with Crippen molar-refractivity contribution >= 4 is 17.1 Å². The van der Waals surface area contributed by atoms with E-state index in [0.29, 0.717) is 0 Å². The number of nitrogens with zero attached hydrogens (tertiary/aromatic N) is 1. The summed E-state index contributed by atoms with van der Waals surface area (Å²) in [5, 5.41) is 0. The van der Waals surface area contributed by atoms with Crippen LogP contribution in [0.25, 0.3) is 44.5 Å². The van der Waals surface area contributed by atoms with Crippen LogP contribution in [0.3, 0.4) is 0 Å². The molecule has 3 heteroatoms. The van der Waals surface area contributed by atoms with Gasteiger partial charge in [-0.15, -0.1) is 0 Å². The lowest BCUT2D eigenvalue weighted by molar-refractivity contribution is 0.436. The predicted octanol–water partition coefficient (Wildman–Crippen LogP) is 20.1. The van der Waals surface area contributed by atoms with Gasteiger partial charge in [-0.25, -0.2) is 0 Å². The Balaban J connectivity index is 0.922. The van der Waals surface area contributed by atoms with Crippen LogP contribution in [0.1, 0.15) is 66.8 Å². The van der Waals surface area contributed by atoms with E-state index in [9.17, 15) is 0 Å². The molecule has 3 nitrogen and oxygen atoms in total. The molecule has 0 N–H and O–H groups in total. The van der Waals surface area contributed by atoms with E-state index >= 15 is 0 Å². The summed E-state index contributed by atoms with van der Waals surface area (Å²) in [5.74, 6) is 3.47. The van der Waals surface area contributed by atoms with Crippen LogP contribution in [0, 0.1) is 0 Å². The molecule has 18 rings (SSSR count). The Bertz CT molecular complexity index is 4560. The maximum Gasteiger partial charge on any atom is 0.132 e. The smallest absolute Gasteiger partial charge is 0.132 e. The van der Waals surface area contributed by atoms with Crippen LogP contribution in [0.15, 0.2) is 309 Å². The van der Waals surface area contributed by atoms with Crippen molar-refractivity contribution in [1.29, 1.82) is 0 Å². The van der Waals surface area contributed by atoms with Crippen molar-refractivity contribution in [3.05, 3.63) is 376 Å². The number of rotatable bonds is 6. The van der Waals surface area contributed by atoms with Crippen molar-refractivity contribution in [1.82, 2.24) is 0 Å². The average Bonchev–Trinajstić information content (AvgIpc) is 2.09. The average molecular weight is 1070 g/mol. The lowest BCUT2D eigenvalue weighted by Crippen LogP contribution is -2.32. The molecule has 2 aliphatic heterocycles. The molecule has 0 aromatic heterocycles. The molecular weight excluding hydrogens is 1020 g/mol. The fraction of sp³-hybridized carbons (Fsp3) is 0.0370. The van der Waals surface area contributed by atoms with Gasteiger partial charge in [0, 0.05) is 39.2 Å². The van der Waals surface area contributed by atoms with Gasteiger partial charge in [0.1, 0.15) is 23.0 Å². The third-order valence-corrected chi connectivity index (χ3v) is 19.1. The first-order chi connectivity index (χ1) is 41.7. The molecule has 0 radical (unpaired) electrons. The quantitative estimate of drug-likeness (QED) is 0.166. The molecule has 84 heavy (non-hydrogen) atoms. The SMILES string of the molecule is c1ccc(C2(c3ccccc3)c3ccccc3-c3ccc(-c4ccccc4N(c4ccc5c(c4)C4(c6ccccc6Oc6ccccc64)c4ccccc4-5)c4ccc5c(c4)C4(c6ccccc6Oc6ccccc64)c4ccccc4-5)cc32)cc1. The first-order valence-electron chi connectivity index (χ1n) is 29.1. The van der Waals surface area contributed by atoms with Gasteiger partial charge in [-0.3, -0.25) is 0 Å². The predicted molar refractivity (Wildman–Crippen MR) is 339 cm³/mol. The zero-order valence-corrected chi connectivity index (χ0v) is 45.7. The van der Waals surface area contributed by atoms with E-state index in [0.717, 1.165) is 73.4 Å². The van der Waals surface area contributed by atoms with Gasteiger partial charge in [-0.05, 0) is 144 Å². The molecule has 3 aliphatic carbocycles. The topological polar surface area (TPSA) is 21.7 Å². The molecule has 2 spiro atoms. The summed E-state index contributed by atoms with van der Waals surface area (Å²) >= 11 is 0. The molecule has 0 bridgehead atoms. The number of hydrogen-bond donors (Lipinski definition) is 0. The highest BCUT2D eigenvalue weighted by atomic mass is 16.5. The van der Waals surface area contributed by atoms with Crippen LogP contribution in [-0.4, -0.2) is 0 Å². The second kappa shape index (κ2) is 17.6. The highest BCUT2D eigenvalue weighted by Crippen LogP contribution is 2.66. The summed E-state index contributed by atoms with van der Waals surface area (Å²) in [6.45, 7) is 0. The number of para-hydroxylation sites is 5. The van der Waals surface area contributed by atoms with E-state index in [1.807, 2.05) is 0 Å². The maximum atomic E-state index is 6.85. The minimum atomic E-state index is -0.676. The largest absolute Gasteiger partial charge is 0.457 e. The molecule has 0 amide bonds. The van der Waals surface area contributed by atoms with Gasteiger partial charge in [-0.1, -0.05) is 249 Å². The summed E-state index contributed by atoms with van der Waals surface area (Å²) in [6, 6.07) is 115. The molecule has 392 valence electrons. The van der Waals surface area contributed by atoms with Crippen LogP contribution >= 0.6 is 0 Å². The Morgan fingerprint density at radius 1 is 0.214 bits per heavy atom. The van der Waals surface area contributed by atoms with Crippen molar-refractivity contribution in [2.75, 3.05) is 4.90 Å². The van der Waals surface area contributed by atoms with Gasteiger partial charge >= 0.3 is 0 Å². The Morgan fingerprint density at radius 3 is 0.952 bits per heavy atom. The lowest BCUT2D eigenvalue weighted by atomic mass is 9.66. The molecule has 0 saturated heterocycles. The zero-order chi connectivity index (χ0) is 55.1. The second-order valence-electron chi connectivity index (χ2n) is 22.9. The highest BCUT2D eigenvalue weighted by Gasteiger charge is 2.54. The monoisotopic (exact) mass is 1070 g/mol. The van der Waals surface area contributed by atoms with Crippen molar-refractivity contribution in [2.45, 2.75) is 16.2 Å². The second-order valence-corrected chi connectivity index (χ2v) is 22.9.